The molecule has 1 fully saturated rings. The fraction of sp³-hybridized carbons (Fsp3) is 0.250. The fourth-order valence-corrected chi connectivity index (χ4v) is 4.49. The molecule has 1 aliphatic heterocycles. The molecule has 0 spiro atoms. The van der Waals surface area contributed by atoms with Crippen LogP contribution >= 0.6 is 15.9 Å². The molecule has 1 amide bonds. The maximum absolute atomic E-state index is 11.6. The van der Waals surface area contributed by atoms with Crippen molar-refractivity contribution in [2.45, 2.75) is 6.92 Å². The molecule has 0 bridgehead atoms. The van der Waals surface area contributed by atoms with E-state index in [0.717, 1.165) is 59.1 Å². The smallest absolute Gasteiger partial charge is 0.227 e. The second-order valence-electron chi connectivity index (χ2n) is 7.97. The zero-order valence-corrected chi connectivity index (χ0v) is 20.5. The number of piperazine rings is 1. The van der Waals surface area contributed by atoms with Crippen molar-refractivity contribution in [2.24, 2.45) is 0 Å². The summed E-state index contributed by atoms with van der Waals surface area (Å²) in [7, 11) is 1.64. The first-order valence-corrected chi connectivity index (χ1v) is 11.7. The third kappa shape index (κ3) is 4.28. The SMILES string of the molecule is COc1cc(N2CCN(C(C)=O)CC2)ccc1Nc1ncc(Br)c(-c2cnc3ccccn23)n1. The second kappa shape index (κ2) is 9.30. The van der Waals surface area contributed by atoms with Crippen molar-refractivity contribution in [3.05, 3.63) is 59.5 Å². The number of carbonyl (C=O) groups excluding carboxylic acids is 1. The van der Waals surface area contributed by atoms with E-state index >= 15 is 0 Å². The van der Waals surface area contributed by atoms with Crippen LogP contribution in [0.5, 0.6) is 5.75 Å². The maximum Gasteiger partial charge on any atom is 0.227 e. The van der Waals surface area contributed by atoms with Gasteiger partial charge in [0.05, 0.1) is 29.2 Å². The van der Waals surface area contributed by atoms with Crippen LogP contribution in [0.2, 0.25) is 0 Å². The lowest BCUT2D eigenvalue weighted by Gasteiger charge is -2.35. The summed E-state index contributed by atoms with van der Waals surface area (Å²) < 4.78 is 8.42. The van der Waals surface area contributed by atoms with Gasteiger partial charge in [0.15, 0.2) is 0 Å². The van der Waals surface area contributed by atoms with Crippen LogP contribution in [0.4, 0.5) is 17.3 Å². The van der Waals surface area contributed by atoms with Crippen LogP contribution in [0.3, 0.4) is 0 Å². The molecule has 0 atom stereocenters. The topological polar surface area (TPSA) is 87.9 Å². The Bertz CT molecular complexity index is 1350. The Labute approximate surface area is 205 Å². The highest BCUT2D eigenvalue weighted by atomic mass is 79.9. The average Bonchev–Trinajstić information content (AvgIpc) is 3.29. The third-order valence-electron chi connectivity index (χ3n) is 5.93. The number of anilines is 3. The molecular weight excluding hydrogens is 498 g/mol. The minimum Gasteiger partial charge on any atom is -0.494 e. The first kappa shape index (κ1) is 22.1. The van der Waals surface area contributed by atoms with Crippen molar-refractivity contribution in [3.8, 4) is 17.1 Å². The molecular formula is C24H24BrN7O2. The van der Waals surface area contributed by atoms with Gasteiger partial charge >= 0.3 is 0 Å². The number of carbonyl (C=O) groups is 1. The van der Waals surface area contributed by atoms with Crippen LogP contribution in [0.15, 0.2) is 59.5 Å². The van der Waals surface area contributed by atoms with Gasteiger partial charge in [-0.25, -0.2) is 15.0 Å². The number of nitrogens with zero attached hydrogens (tertiary/aromatic N) is 6. The molecule has 1 saturated heterocycles. The lowest BCUT2D eigenvalue weighted by Crippen LogP contribution is -2.48. The Morgan fingerprint density at radius 2 is 1.91 bits per heavy atom. The Morgan fingerprint density at radius 1 is 1.09 bits per heavy atom. The fourth-order valence-electron chi connectivity index (χ4n) is 4.09. The number of fused-ring (bicyclic) bond motifs is 1. The highest BCUT2D eigenvalue weighted by Gasteiger charge is 2.20. The second-order valence-corrected chi connectivity index (χ2v) is 8.82. The van der Waals surface area contributed by atoms with Gasteiger partial charge in [-0.15, -0.1) is 0 Å². The number of pyridine rings is 1. The first-order valence-electron chi connectivity index (χ1n) is 10.9. The molecule has 0 saturated carbocycles. The zero-order chi connectivity index (χ0) is 23.7. The minimum atomic E-state index is 0.120. The predicted octanol–water partition coefficient (Wildman–Crippen LogP) is 3.97. The molecule has 1 aromatic carbocycles. The summed E-state index contributed by atoms with van der Waals surface area (Å²) >= 11 is 3.57. The summed E-state index contributed by atoms with van der Waals surface area (Å²) in [5.41, 5.74) is 4.25. The number of amides is 1. The summed E-state index contributed by atoms with van der Waals surface area (Å²) in [6, 6.07) is 11.9. The molecule has 1 N–H and O–H groups in total. The number of methoxy groups -OCH3 is 1. The number of imidazole rings is 1. The number of ether oxygens (including phenoxy) is 1. The van der Waals surface area contributed by atoms with Crippen molar-refractivity contribution in [3.63, 3.8) is 0 Å². The Hall–Kier alpha value is -3.66. The van der Waals surface area contributed by atoms with E-state index in [1.54, 1.807) is 26.4 Å². The maximum atomic E-state index is 11.6. The van der Waals surface area contributed by atoms with Gasteiger partial charge in [0.1, 0.15) is 17.1 Å². The van der Waals surface area contributed by atoms with Gasteiger partial charge in [-0.2, -0.15) is 0 Å². The summed E-state index contributed by atoms with van der Waals surface area (Å²) in [6.45, 7) is 4.62. The lowest BCUT2D eigenvalue weighted by atomic mass is 10.2. The quantitative estimate of drug-likeness (QED) is 0.425. The van der Waals surface area contributed by atoms with Gasteiger partial charge in [0, 0.05) is 57.3 Å². The Kier molecular flexibility index (Phi) is 6.06. The van der Waals surface area contributed by atoms with E-state index in [4.69, 9.17) is 9.72 Å². The van der Waals surface area contributed by atoms with Gasteiger partial charge in [-0.05, 0) is 40.2 Å². The number of hydrogen-bond acceptors (Lipinski definition) is 7. The Balaban J connectivity index is 1.39. The van der Waals surface area contributed by atoms with Gasteiger partial charge in [0.2, 0.25) is 11.9 Å². The number of aromatic nitrogens is 4. The van der Waals surface area contributed by atoms with Crippen LogP contribution in [0.1, 0.15) is 6.92 Å². The normalized spacial score (nSPS) is 13.9. The highest BCUT2D eigenvalue weighted by molar-refractivity contribution is 9.10. The summed E-state index contributed by atoms with van der Waals surface area (Å²) in [5, 5.41) is 3.28. The molecule has 4 heterocycles. The highest BCUT2D eigenvalue weighted by Crippen LogP contribution is 2.33. The van der Waals surface area contributed by atoms with E-state index in [2.05, 4.69) is 36.1 Å². The molecule has 5 rings (SSSR count). The standard InChI is InChI=1S/C24H24BrN7O2/c1-16(33)30-9-11-31(12-10-30)17-6-7-19(21(13-17)34-2)28-24-27-14-18(25)23(29-24)20-15-26-22-5-3-4-8-32(20)22/h3-8,13-15H,9-12H2,1-2H3,(H,27,28,29). The van der Waals surface area contributed by atoms with E-state index in [9.17, 15) is 4.79 Å². The lowest BCUT2D eigenvalue weighted by molar-refractivity contribution is -0.129. The molecule has 0 aliphatic carbocycles. The number of rotatable bonds is 5. The van der Waals surface area contributed by atoms with Crippen molar-refractivity contribution < 1.29 is 9.53 Å². The number of halogens is 1. The minimum absolute atomic E-state index is 0.120. The molecule has 4 aromatic rings. The van der Waals surface area contributed by atoms with Crippen LogP contribution in [0.25, 0.3) is 17.0 Å². The van der Waals surface area contributed by atoms with E-state index < -0.39 is 0 Å². The third-order valence-corrected chi connectivity index (χ3v) is 6.51. The summed E-state index contributed by atoms with van der Waals surface area (Å²) in [5.74, 6) is 1.26. The number of hydrogen-bond donors (Lipinski definition) is 1. The number of benzene rings is 1. The molecule has 9 nitrogen and oxygen atoms in total. The van der Waals surface area contributed by atoms with Gasteiger partial charge in [0.25, 0.3) is 0 Å². The van der Waals surface area contributed by atoms with Gasteiger partial charge in [-0.1, -0.05) is 6.07 Å². The van der Waals surface area contributed by atoms with Crippen molar-refractivity contribution >= 4 is 44.8 Å². The molecule has 0 unspecified atom stereocenters. The monoisotopic (exact) mass is 521 g/mol. The summed E-state index contributed by atoms with van der Waals surface area (Å²) in [6.07, 6.45) is 5.48. The van der Waals surface area contributed by atoms with Crippen molar-refractivity contribution in [1.29, 1.82) is 0 Å². The van der Waals surface area contributed by atoms with E-state index in [0.29, 0.717) is 11.7 Å². The van der Waals surface area contributed by atoms with Crippen molar-refractivity contribution in [2.75, 3.05) is 43.5 Å². The zero-order valence-electron chi connectivity index (χ0n) is 18.9. The molecule has 0 radical (unpaired) electrons. The van der Waals surface area contributed by atoms with Crippen LogP contribution in [-0.4, -0.2) is 63.4 Å². The molecule has 174 valence electrons. The van der Waals surface area contributed by atoms with Gasteiger partial charge in [-0.3, -0.25) is 9.20 Å². The largest absolute Gasteiger partial charge is 0.494 e. The van der Waals surface area contributed by atoms with Crippen LogP contribution in [-0.2, 0) is 4.79 Å². The van der Waals surface area contributed by atoms with E-state index in [1.807, 2.05) is 51.9 Å². The predicted molar refractivity (Wildman–Crippen MR) is 135 cm³/mol. The Morgan fingerprint density at radius 3 is 2.68 bits per heavy atom. The van der Waals surface area contributed by atoms with E-state index in [-0.39, 0.29) is 5.91 Å². The van der Waals surface area contributed by atoms with Gasteiger partial charge < -0.3 is 19.9 Å². The molecule has 34 heavy (non-hydrogen) atoms. The molecule has 1 aliphatic rings. The van der Waals surface area contributed by atoms with Crippen LogP contribution in [0, 0.1) is 0 Å². The molecule has 10 heteroatoms. The van der Waals surface area contributed by atoms with Crippen LogP contribution < -0.4 is 15.0 Å². The first-order chi connectivity index (χ1) is 16.5. The number of nitrogens with one attached hydrogen (secondary N) is 1. The summed E-state index contributed by atoms with van der Waals surface area (Å²) in [4.78, 5) is 29.4. The van der Waals surface area contributed by atoms with Crippen molar-refractivity contribution in [1.82, 2.24) is 24.3 Å². The van der Waals surface area contributed by atoms with E-state index in [1.165, 1.54) is 0 Å². The molecule has 3 aromatic heterocycles. The average molecular weight is 522 g/mol.